The van der Waals surface area contributed by atoms with Crippen LogP contribution >= 0.6 is 34.9 Å². The molecule has 7 rings (SSSR count). The van der Waals surface area contributed by atoms with Gasteiger partial charge in [0.25, 0.3) is 11.8 Å². The summed E-state index contributed by atoms with van der Waals surface area (Å²) in [6, 6.07) is 32.4. The van der Waals surface area contributed by atoms with Gasteiger partial charge in [-0.2, -0.15) is 0 Å². The molecule has 13 nitrogen and oxygen atoms in total. The molecule has 59 heavy (non-hydrogen) atoms. The van der Waals surface area contributed by atoms with Crippen LogP contribution in [0.5, 0.6) is 0 Å². The minimum Gasteiger partial charge on any atom is -0.477 e. The quantitative estimate of drug-likeness (QED) is 0.0260. The lowest BCUT2D eigenvalue weighted by Gasteiger charge is -2.49. The predicted molar refractivity (Wildman–Crippen MR) is 228 cm³/mol. The van der Waals surface area contributed by atoms with Crippen LogP contribution in [0.15, 0.2) is 142 Å². The summed E-state index contributed by atoms with van der Waals surface area (Å²) < 4.78 is 5.35. The first-order chi connectivity index (χ1) is 28.4. The largest absolute Gasteiger partial charge is 0.477 e. The number of fused-ring (bicyclic) bond motifs is 1. The van der Waals surface area contributed by atoms with Gasteiger partial charge in [0.1, 0.15) is 33.9 Å². The second-order valence-electron chi connectivity index (χ2n) is 14.4. The van der Waals surface area contributed by atoms with E-state index in [1.54, 1.807) is 38.5 Å². The molecule has 2 atom stereocenters. The number of nitrogens with one attached hydrogen (secondary N) is 2. The highest BCUT2D eigenvalue weighted by molar-refractivity contribution is 8.01. The van der Waals surface area contributed by atoms with E-state index in [0.29, 0.717) is 22.2 Å². The van der Waals surface area contributed by atoms with Crippen molar-refractivity contribution >= 4 is 69.5 Å². The third-order valence-electron chi connectivity index (χ3n) is 9.23. The number of oxime groups is 1. The summed E-state index contributed by atoms with van der Waals surface area (Å²) in [5, 5.41) is 22.1. The number of hydrogen-bond acceptors (Lipinski definition) is 13. The Morgan fingerprint density at radius 1 is 0.915 bits per heavy atom. The molecule has 0 aliphatic carbocycles. The van der Waals surface area contributed by atoms with E-state index in [1.807, 2.05) is 103 Å². The number of hydrogen-bond donors (Lipinski definition) is 3. The van der Waals surface area contributed by atoms with Crippen molar-refractivity contribution in [3.63, 3.8) is 0 Å². The average molecular weight is 849 g/mol. The van der Waals surface area contributed by atoms with Crippen molar-refractivity contribution in [2.45, 2.75) is 48.2 Å². The zero-order valence-corrected chi connectivity index (χ0v) is 34.7. The SMILES string of the molecule is CC(C)(C)OC(=O)CO/N=C(\C(=O)N[C@@H]1C(=O)N2C(C(=O)O)=C(CSc3ccncc3)CS[C@H]12)c1csc(NC(c2ccccc2)(c2ccccc2)c2ccccc2)n1. The van der Waals surface area contributed by atoms with Crippen molar-refractivity contribution in [1.82, 2.24) is 20.2 Å². The number of esters is 1. The number of ether oxygens (including phenoxy) is 1. The lowest BCUT2D eigenvalue weighted by Crippen LogP contribution is -2.71. The van der Waals surface area contributed by atoms with Gasteiger partial charge in [0.15, 0.2) is 10.8 Å². The molecule has 2 aliphatic heterocycles. The zero-order chi connectivity index (χ0) is 41.6. The molecular formula is C43H40N6O7S3. The molecule has 2 aromatic heterocycles. The molecule has 0 radical (unpaired) electrons. The number of pyridine rings is 1. The fourth-order valence-electron chi connectivity index (χ4n) is 6.72. The number of aliphatic carboxylic acids is 1. The van der Waals surface area contributed by atoms with E-state index < -0.39 is 52.9 Å². The van der Waals surface area contributed by atoms with Crippen LogP contribution in [0, 0.1) is 0 Å². The van der Waals surface area contributed by atoms with Crippen LogP contribution in [0.3, 0.4) is 0 Å². The molecule has 1 fully saturated rings. The number of carbonyl (C=O) groups is 4. The van der Waals surface area contributed by atoms with Crippen molar-refractivity contribution in [2.75, 3.05) is 23.4 Å². The van der Waals surface area contributed by atoms with Gasteiger partial charge in [-0.05, 0) is 55.2 Å². The van der Waals surface area contributed by atoms with E-state index in [1.165, 1.54) is 39.8 Å². The van der Waals surface area contributed by atoms with Gasteiger partial charge in [0.05, 0.1) is 0 Å². The third kappa shape index (κ3) is 9.19. The Labute approximate surface area is 353 Å². The average Bonchev–Trinajstić information content (AvgIpc) is 3.70. The number of carboxylic acid groups (broad SMARTS) is 1. The number of β-lactam (4-membered cyclic amide) rings is 1. The lowest BCUT2D eigenvalue weighted by molar-refractivity contribution is -0.160. The van der Waals surface area contributed by atoms with Crippen LogP contribution in [-0.4, -0.2) is 84.6 Å². The normalized spacial score (nSPS) is 16.8. The maximum absolute atomic E-state index is 14.2. The number of carbonyl (C=O) groups excluding carboxylic acids is 3. The van der Waals surface area contributed by atoms with Crippen molar-refractivity contribution < 1.29 is 33.9 Å². The van der Waals surface area contributed by atoms with E-state index in [0.717, 1.165) is 21.6 Å². The molecule has 5 aromatic rings. The van der Waals surface area contributed by atoms with Gasteiger partial charge in [0, 0.05) is 34.2 Å². The first-order valence-corrected chi connectivity index (χ1v) is 21.4. The van der Waals surface area contributed by atoms with Gasteiger partial charge in [-0.3, -0.25) is 19.5 Å². The van der Waals surface area contributed by atoms with Crippen molar-refractivity contribution in [3.05, 3.63) is 155 Å². The number of carboxylic acids is 1. The Balaban J connectivity index is 1.17. The number of thiazole rings is 1. The monoisotopic (exact) mass is 848 g/mol. The molecule has 0 spiro atoms. The van der Waals surface area contributed by atoms with E-state index in [2.05, 4.69) is 20.8 Å². The first-order valence-electron chi connectivity index (χ1n) is 18.5. The molecule has 16 heteroatoms. The number of aromatic nitrogens is 2. The molecule has 0 saturated carbocycles. The molecule has 0 bridgehead atoms. The Kier molecular flexibility index (Phi) is 12.5. The standard InChI is InChI=1S/C43H40N6O7S3/c1-42(2,3)56-33(50)23-55-48-34(37(51)46-35-38(52)49-36(40(53)54)27(25-58-39(35)49)24-57-31-19-21-44-22-20-31)32-26-59-41(45-32)47-43(28-13-7-4-8-14-28,29-15-9-5-10-16-29)30-17-11-6-12-18-30/h4-22,26,35,39H,23-25H2,1-3H3,(H,45,47)(H,46,51)(H,53,54)/b48-34-/t35-,39-/m1/s1. The van der Waals surface area contributed by atoms with Gasteiger partial charge >= 0.3 is 11.9 Å². The van der Waals surface area contributed by atoms with Gasteiger partial charge in [0.2, 0.25) is 6.61 Å². The van der Waals surface area contributed by atoms with Crippen molar-refractivity contribution in [3.8, 4) is 0 Å². The molecule has 4 heterocycles. The Morgan fingerprint density at radius 3 is 2.07 bits per heavy atom. The van der Waals surface area contributed by atoms with Crippen LogP contribution in [-0.2, 0) is 34.3 Å². The summed E-state index contributed by atoms with van der Waals surface area (Å²) in [6.07, 6.45) is 3.31. The lowest BCUT2D eigenvalue weighted by atomic mass is 9.77. The fourth-order valence-corrected chi connectivity index (χ4v) is 9.83. The van der Waals surface area contributed by atoms with Crippen LogP contribution < -0.4 is 10.6 Å². The highest BCUT2D eigenvalue weighted by Crippen LogP contribution is 2.43. The van der Waals surface area contributed by atoms with Crippen LogP contribution in [0.25, 0.3) is 0 Å². The molecule has 302 valence electrons. The summed E-state index contributed by atoms with van der Waals surface area (Å²) in [4.78, 5) is 69.2. The molecule has 2 aliphatic rings. The maximum atomic E-state index is 14.2. The highest BCUT2D eigenvalue weighted by Gasteiger charge is 2.54. The van der Waals surface area contributed by atoms with Crippen LogP contribution in [0.2, 0.25) is 0 Å². The topological polar surface area (TPSA) is 172 Å². The zero-order valence-electron chi connectivity index (χ0n) is 32.2. The molecule has 3 aromatic carbocycles. The van der Waals surface area contributed by atoms with E-state index in [-0.39, 0.29) is 17.1 Å². The smallest absolute Gasteiger partial charge is 0.352 e. The predicted octanol–water partition coefficient (Wildman–Crippen LogP) is 6.54. The van der Waals surface area contributed by atoms with E-state index in [4.69, 9.17) is 14.6 Å². The number of anilines is 1. The molecular weight excluding hydrogens is 809 g/mol. The molecule has 0 unspecified atom stereocenters. The minimum atomic E-state index is -1.23. The number of rotatable bonds is 15. The molecule has 3 N–H and O–H groups in total. The van der Waals surface area contributed by atoms with Crippen molar-refractivity contribution in [1.29, 1.82) is 0 Å². The number of amides is 2. The second-order valence-corrected chi connectivity index (χ2v) is 17.4. The number of thioether (sulfide) groups is 2. The Bertz CT molecular complexity index is 2280. The van der Waals surface area contributed by atoms with E-state index >= 15 is 0 Å². The number of nitrogens with zero attached hydrogens (tertiary/aromatic N) is 4. The summed E-state index contributed by atoms with van der Waals surface area (Å²) in [5.74, 6) is -2.60. The minimum absolute atomic E-state index is 0.0886. The van der Waals surface area contributed by atoms with Crippen LogP contribution in [0.4, 0.5) is 5.13 Å². The first kappa shape index (κ1) is 41.2. The van der Waals surface area contributed by atoms with E-state index in [9.17, 15) is 24.3 Å². The summed E-state index contributed by atoms with van der Waals surface area (Å²) in [7, 11) is 0. The Hall–Kier alpha value is -5.97. The van der Waals surface area contributed by atoms with Gasteiger partial charge in [-0.25, -0.2) is 14.6 Å². The second kappa shape index (κ2) is 17.9. The summed E-state index contributed by atoms with van der Waals surface area (Å²) in [5.41, 5.74) is 1.44. The van der Waals surface area contributed by atoms with Gasteiger partial charge in [-0.1, -0.05) is 96.2 Å². The maximum Gasteiger partial charge on any atom is 0.352 e. The number of benzene rings is 3. The fraction of sp³-hybridized carbons (Fsp3) is 0.233. The highest BCUT2D eigenvalue weighted by atomic mass is 32.2. The van der Waals surface area contributed by atoms with Crippen LogP contribution in [0.1, 0.15) is 43.2 Å². The Morgan fingerprint density at radius 2 is 1.51 bits per heavy atom. The van der Waals surface area contributed by atoms with Gasteiger partial charge < -0.3 is 25.3 Å². The van der Waals surface area contributed by atoms with Gasteiger partial charge in [-0.15, -0.1) is 34.9 Å². The molecule has 2 amide bonds. The summed E-state index contributed by atoms with van der Waals surface area (Å²) in [6.45, 7) is 4.55. The van der Waals surface area contributed by atoms with Crippen molar-refractivity contribution in [2.24, 2.45) is 5.16 Å². The third-order valence-corrected chi connectivity index (χ3v) is 12.4. The summed E-state index contributed by atoms with van der Waals surface area (Å²) >= 11 is 4.04. The molecule has 1 saturated heterocycles.